The van der Waals surface area contributed by atoms with E-state index in [2.05, 4.69) is 18.0 Å². The minimum Gasteiger partial charge on any atom is -0.493 e. The number of methoxy groups -OCH3 is 1. The quantitative estimate of drug-likeness (QED) is 0.450. The number of nitrogens with zero attached hydrogens (tertiary/aromatic N) is 1. The number of rotatable bonds is 7. The number of nitrogens with one attached hydrogen (secondary N) is 1. The molecule has 0 radical (unpaired) electrons. The molecule has 0 heterocycles. The second kappa shape index (κ2) is 8.46. The monoisotopic (exact) mass is 335 g/mol. The van der Waals surface area contributed by atoms with Gasteiger partial charge in [-0.2, -0.15) is 5.26 Å². The van der Waals surface area contributed by atoms with Gasteiger partial charge in [0, 0.05) is 5.70 Å². The molecule has 5 nitrogen and oxygen atoms in total. The summed E-state index contributed by atoms with van der Waals surface area (Å²) in [7, 11) is 1.58. The molecular weight excluding hydrogens is 314 g/mol. The Balaban J connectivity index is 2.26. The van der Waals surface area contributed by atoms with Gasteiger partial charge < -0.3 is 20.5 Å². The number of para-hydroxylation sites is 2. The molecule has 128 valence electrons. The Morgan fingerprint density at radius 2 is 2.04 bits per heavy atom. The average molecular weight is 335 g/mol. The number of nitrogen functional groups attached to an aromatic ring is 1. The van der Waals surface area contributed by atoms with Gasteiger partial charge >= 0.3 is 0 Å². The first kappa shape index (κ1) is 18.0. The van der Waals surface area contributed by atoms with E-state index in [1.165, 1.54) is 0 Å². The highest BCUT2D eigenvalue weighted by Gasteiger charge is 2.08. The zero-order valence-corrected chi connectivity index (χ0v) is 14.4. The molecule has 0 spiro atoms. The largest absolute Gasteiger partial charge is 0.493 e. The summed E-state index contributed by atoms with van der Waals surface area (Å²) in [4.78, 5) is 0. The van der Waals surface area contributed by atoms with Crippen molar-refractivity contribution in [3.05, 3.63) is 65.9 Å². The Morgan fingerprint density at radius 3 is 2.68 bits per heavy atom. The number of anilines is 2. The maximum atomic E-state index is 9.46. The number of nitrogens with two attached hydrogens (primary N) is 1. The summed E-state index contributed by atoms with van der Waals surface area (Å²) in [6, 6.07) is 14.9. The van der Waals surface area contributed by atoms with Crippen LogP contribution in [0.15, 0.2) is 60.3 Å². The van der Waals surface area contributed by atoms with Crippen LogP contribution in [-0.2, 0) is 0 Å². The van der Waals surface area contributed by atoms with Crippen molar-refractivity contribution in [3.8, 4) is 17.6 Å². The third-order valence-corrected chi connectivity index (χ3v) is 3.49. The Labute approximate surface area is 148 Å². The molecule has 2 rings (SSSR count). The van der Waals surface area contributed by atoms with Gasteiger partial charge in [-0.05, 0) is 42.8 Å². The van der Waals surface area contributed by atoms with Gasteiger partial charge in [0.25, 0.3) is 0 Å². The first-order valence-electron chi connectivity index (χ1n) is 7.82. The van der Waals surface area contributed by atoms with Crippen LogP contribution in [0.2, 0.25) is 0 Å². The second-order valence-electron chi connectivity index (χ2n) is 5.20. The van der Waals surface area contributed by atoms with Gasteiger partial charge in [0.05, 0.1) is 30.7 Å². The first-order chi connectivity index (χ1) is 12.1. The summed E-state index contributed by atoms with van der Waals surface area (Å²) < 4.78 is 10.8. The van der Waals surface area contributed by atoms with E-state index < -0.39 is 0 Å². The maximum Gasteiger partial charge on any atom is 0.161 e. The van der Waals surface area contributed by atoms with Crippen molar-refractivity contribution < 1.29 is 9.47 Å². The Hall–Kier alpha value is -3.39. The second-order valence-corrected chi connectivity index (χ2v) is 5.20. The number of ether oxygens (including phenoxy) is 2. The van der Waals surface area contributed by atoms with Crippen LogP contribution >= 0.6 is 0 Å². The van der Waals surface area contributed by atoms with Crippen molar-refractivity contribution in [1.29, 1.82) is 5.26 Å². The van der Waals surface area contributed by atoms with Crippen LogP contribution in [0.4, 0.5) is 11.4 Å². The fraction of sp³-hybridized carbons (Fsp3) is 0.150. The van der Waals surface area contributed by atoms with Crippen LogP contribution in [-0.4, -0.2) is 13.7 Å². The van der Waals surface area contributed by atoms with Crippen molar-refractivity contribution >= 4 is 17.5 Å². The van der Waals surface area contributed by atoms with E-state index in [1.807, 2.05) is 43.3 Å². The highest BCUT2D eigenvalue weighted by atomic mass is 16.5. The van der Waals surface area contributed by atoms with Crippen molar-refractivity contribution in [1.82, 2.24) is 0 Å². The fourth-order valence-electron chi connectivity index (χ4n) is 2.24. The summed E-state index contributed by atoms with van der Waals surface area (Å²) in [6.45, 7) is 6.39. The fourth-order valence-corrected chi connectivity index (χ4v) is 2.24. The maximum absolute atomic E-state index is 9.46. The lowest BCUT2D eigenvalue weighted by Gasteiger charge is -2.12. The highest BCUT2D eigenvalue weighted by molar-refractivity contribution is 5.73. The number of nitriles is 1. The lowest BCUT2D eigenvalue weighted by molar-refractivity contribution is 0.311. The third-order valence-electron chi connectivity index (χ3n) is 3.49. The van der Waals surface area contributed by atoms with Crippen molar-refractivity contribution in [2.75, 3.05) is 24.8 Å². The summed E-state index contributed by atoms with van der Waals surface area (Å²) in [6.07, 6.45) is 1.73. The third kappa shape index (κ3) is 4.55. The molecule has 0 saturated heterocycles. The molecule has 25 heavy (non-hydrogen) atoms. The van der Waals surface area contributed by atoms with E-state index >= 15 is 0 Å². The van der Waals surface area contributed by atoms with Crippen LogP contribution in [0.1, 0.15) is 12.5 Å². The Kier molecular flexibility index (Phi) is 6.08. The normalized spacial score (nSPS) is 10.7. The van der Waals surface area contributed by atoms with Crippen molar-refractivity contribution in [2.24, 2.45) is 0 Å². The van der Waals surface area contributed by atoms with Crippen LogP contribution in [0.5, 0.6) is 11.5 Å². The van der Waals surface area contributed by atoms with E-state index in [9.17, 15) is 5.26 Å². The SMILES string of the molecule is C=C(Nc1ccccc1N)/C(C#N)=C/c1ccc(OCC)c(OC)c1. The number of hydrogen-bond acceptors (Lipinski definition) is 5. The predicted molar refractivity (Wildman–Crippen MR) is 101 cm³/mol. The molecule has 0 aliphatic carbocycles. The lowest BCUT2D eigenvalue weighted by Crippen LogP contribution is -2.03. The molecule has 0 fully saturated rings. The molecule has 5 heteroatoms. The number of benzene rings is 2. The van der Waals surface area contributed by atoms with E-state index in [0.717, 1.165) is 5.56 Å². The van der Waals surface area contributed by atoms with Crippen LogP contribution < -0.4 is 20.5 Å². The van der Waals surface area contributed by atoms with Crippen LogP contribution in [0, 0.1) is 11.3 Å². The van der Waals surface area contributed by atoms with Gasteiger partial charge in [-0.3, -0.25) is 0 Å². The molecular formula is C20H21N3O2. The summed E-state index contributed by atoms with van der Waals surface area (Å²) in [5, 5.41) is 12.5. The molecule has 0 atom stereocenters. The number of hydrogen-bond donors (Lipinski definition) is 2. The molecule has 0 unspecified atom stereocenters. The molecule has 0 saturated carbocycles. The smallest absolute Gasteiger partial charge is 0.161 e. The van der Waals surface area contributed by atoms with Gasteiger partial charge in [0.15, 0.2) is 11.5 Å². The molecule has 0 amide bonds. The standard InChI is InChI=1S/C20H21N3O2/c1-4-25-19-10-9-15(12-20(19)24-3)11-16(13-21)14(2)23-18-8-6-5-7-17(18)22/h5-12,23H,2,4,22H2,1,3H3/b16-11+. The first-order valence-corrected chi connectivity index (χ1v) is 7.82. The number of allylic oxidation sites excluding steroid dienone is 1. The average Bonchev–Trinajstić information content (AvgIpc) is 2.62. The molecule has 0 aromatic heterocycles. The van der Waals surface area contributed by atoms with Crippen molar-refractivity contribution in [2.45, 2.75) is 6.92 Å². The van der Waals surface area contributed by atoms with Crippen molar-refractivity contribution in [3.63, 3.8) is 0 Å². The van der Waals surface area contributed by atoms with Crippen LogP contribution in [0.3, 0.4) is 0 Å². The van der Waals surface area contributed by atoms with E-state index in [4.69, 9.17) is 15.2 Å². The summed E-state index contributed by atoms with van der Waals surface area (Å²) in [5.74, 6) is 1.27. The molecule has 2 aromatic rings. The van der Waals surface area contributed by atoms with Crippen LogP contribution in [0.25, 0.3) is 6.08 Å². The summed E-state index contributed by atoms with van der Waals surface area (Å²) in [5.41, 5.74) is 8.87. The molecule has 2 aromatic carbocycles. The van der Waals surface area contributed by atoms with Gasteiger partial charge in [-0.25, -0.2) is 0 Å². The topological polar surface area (TPSA) is 80.3 Å². The van der Waals surface area contributed by atoms with E-state index in [0.29, 0.717) is 40.8 Å². The Bertz CT molecular complexity index is 835. The Morgan fingerprint density at radius 1 is 1.28 bits per heavy atom. The van der Waals surface area contributed by atoms with Gasteiger partial charge in [-0.1, -0.05) is 24.8 Å². The van der Waals surface area contributed by atoms with E-state index in [1.54, 1.807) is 19.3 Å². The molecule has 0 aliphatic heterocycles. The molecule has 3 N–H and O–H groups in total. The van der Waals surface area contributed by atoms with Gasteiger partial charge in [-0.15, -0.1) is 0 Å². The minimum absolute atomic E-state index is 0.398. The summed E-state index contributed by atoms with van der Waals surface area (Å²) >= 11 is 0. The predicted octanol–water partition coefficient (Wildman–Crippen LogP) is 4.21. The van der Waals surface area contributed by atoms with E-state index in [-0.39, 0.29) is 0 Å². The molecule has 0 aliphatic rings. The minimum atomic E-state index is 0.398. The highest BCUT2D eigenvalue weighted by Crippen LogP contribution is 2.29. The molecule has 0 bridgehead atoms. The lowest BCUT2D eigenvalue weighted by atomic mass is 10.1. The zero-order chi connectivity index (χ0) is 18.2. The zero-order valence-electron chi connectivity index (χ0n) is 14.4. The van der Waals surface area contributed by atoms with Gasteiger partial charge in [0.2, 0.25) is 0 Å². The van der Waals surface area contributed by atoms with Gasteiger partial charge in [0.1, 0.15) is 6.07 Å².